The molecule has 0 spiro atoms. The van der Waals surface area contributed by atoms with Gasteiger partial charge in [0.1, 0.15) is 17.1 Å². The number of anilines is 2. The largest absolute Gasteiger partial charge is 0.497 e. The minimum atomic E-state index is -0.536. The van der Waals surface area contributed by atoms with Gasteiger partial charge < -0.3 is 14.4 Å². The second-order valence-corrected chi connectivity index (χ2v) is 9.67. The summed E-state index contributed by atoms with van der Waals surface area (Å²) in [5, 5.41) is 2.67. The molecule has 1 fully saturated rings. The van der Waals surface area contributed by atoms with Crippen LogP contribution in [0.5, 0.6) is 11.5 Å². The molecular formula is C26H29N3O4S. The number of amides is 2. The highest BCUT2D eigenvalue weighted by Crippen LogP contribution is 2.45. The first-order valence-electron chi connectivity index (χ1n) is 11.1. The van der Waals surface area contributed by atoms with Crippen LogP contribution in [0.4, 0.5) is 11.4 Å². The van der Waals surface area contributed by atoms with Gasteiger partial charge in [-0.1, -0.05) is 6.92 Å². The molecule has 2 aliphatic rings. The standard InChI is InChI=1S/C26H29N3O4S/c1-15-14-26(2,3)28(4)21-13-22(33-6)16(11-19(15)21)12-20-23(30)27-25(34)29(24(20)31)17-7-9-18(32-5)10-8-17/h7-13,15H,14H2,1-6H3,(H,27,30,34)/b20-12-. The van der Waals surface area contributed by atoms with Crippen molar-refractivity contribution < 1.29 is 19.1 Å². The molecule has 4 rings (SSSR count). The van der Waals surface area contributed by atoms with E-state index in [4.69, 9.17) is 21.7 Å². The van der Waals surface area contributed by atoms with Crippen molar-refractivity contribution in [1.29, 1.82) is 0 Å². The molecule has 2 amide bonds. The summed E-state index contributed by atoms with van der Waals surface area (Å²) in [6.45, 7) is 6.63. The van der Waals surface area contributed by atoms with Crippen molar-refractivity contribution in [1.82, 2.24) is 5.32 Å². The van der Waals surface area contributed by atoms with E-state index in [2.05, 4.69) is 38.0 Å². The fourth-order valence-electron chi connectivity index (χ4n) is 4.68. The Hall–Kier alpha value is -3.39. The zero-order valence-corrected chi connectivity index (χ0v) is 21.1. The van der Waals surface area contributed by atoms with Gasteiger partial charge in [-0.25, -0.2) is 0 Å². The van der Waals surface area contributed by atoms with E-state index < -0.39 is 11.8 Å². The maximum absolute atomic E-state index is 13.4. The minimum Gasteiger partial charge on any atom is -0.497 e. The second-order valence-electron chi connectivity index (χ2n) is 9.29. The van der Waals surface area contributed by atoms with Crippen molar-refractivity contribution in [3.8, 4) is 11.5 Å². The Kier molecular flexibility index (Phi) is 6.12. The van der Waals surface area contributed by atoms with Gasteiger partial charge in [-0.3, -0.25) is 19.8 Å². The van der Waals surface area contributed by atoms with Crippen molar-refractivity contribution in [2.75, 3.05) is 31.1 Å². The van der Waals surface area contributed by atoms with Crippen molar-refractivity contribution in [3.05, 3.63) is 53.1 Å². The van der Waals surface area contributed by atoms with Crippen LogP contribution in [0, 0.1) is 0 Å². The topological polar surface area (TPSA) is 71.1 Å². The SMILES string of the molecule is COc1ccc(N2C(=O)/C(=C\c3cc4c(cc3OC)N(C)C(C)(C)CC4C)C(=O)NC2=S)cc1. The second kappa shape index (κ2) is 8.76. The first-order valence-corrected chi connectivity index (χ1v) is 11.5. The number of thiocarbonyl (C=S) groups is 1. The number of nitrogens with one attached hydrogen (secondary N) is 1. The van der Waals surface area contributed by atoms with Crippen molar-refractivity contribution >= 4 is 46.6 Å². The number of hydrogen-bond donors (Lipinski definition) is 1. The lowest BCUT2D eigenvalue weighted by Gasteiger charge is -2.45. The molecule has 2 heterocycles. The van der Waals surface area contributed by atoms with E-state index in [1.54, 1.807) is 44.6 Å². The lowest BCUT2D eigenvalue weighted by molar-refractivity contribution is -0.122. The molecule has 2 aliphatic heterocycles. The Morgan fingerprint density at radius 2 is 1.79 bits per heavy atom. The van der Waals surface area contributed by atoms with E-state index in [0.717, 1.165) is 17.7 Å². The van der Waals surface area contributed by atoms with Gasteiger partial charge in [-0.05, 0) is 80.4 Å². The van der Waals surface area contributed by atoms with Gasteiger partial charge in [0.25, 0.3) is 11.8 Å². The zero-order chi connectivity index (χ0) is 24.8. The smallest absolute Gasteiger partial charge is 0.270 e. The van der Waals surface area contributed by atoms with Crippen LogP contribution in [0.25, 0.3) is 6.08 Å². The van der Waals surface area contributed by atoms with Crippen LogP contribution < -0.4 is 24.6 Å². The number of rotatable bonds is 4. The van der Waals surface area contributed by atoms with Crippen LogP contribution in [-0.4, -0.2) is 43.7 Å². The first-order chi connectivity index (χ1) is 16.1. The van der Waals surface area contributed by atoms with Gasteiger partial charge in [-0.2, -0.15) is 0 Å². The van der Waals surface area contributed by atoms with Crippen LogP contribution in [0.2, 0.25) is 0 Å². The van der Waals surface area contributed by atoms with Gasteiger partial charge >= 0.3 is 0 Å². The third kappa shape index (κ3) is 4.03. The van der Waals surface area contributed by atoms with Crippen molar-refractivity contribution in [2.24, 2.45) is 0 Å². The molecule has 34 heavy (non-hydrogen) atoms. The fourth-order valence-corrected chi connectivity index (χ4v) is 4.96. The van der Waals surface area contributed by atoms with Gasteiger partial charge in [0.15, 0.2) is 5.11 Å². The van der Waals surface area contributed by atoms with Crippen LogP contribution in [0.3, 0.4) is 0 Å². The third-order valence-electron chi connectivity index (χ3n) is 6.72. The highest BCUT2D eigenvalue weighted by Gasteiger charge is 2.37. The summed E-state index contributed by atoms with van der Waals surface area (Å²) in [5.74, 6) is 0.520. The van der Waals surface area contributed by atoms with E-state index in [9.17, 15) is 9.59 Å². The van der Waals surface area contributed by atoms with Crippen LogP contribution in [0.15, 0.2) is 42.0 Å². The van der Waals surface area contributed by atoms with Crippen molar-refractivity contribution in [2.45, 2.75) is 38.6 Å². The fraction of sp³-hybridized carbons (Fsp3) is 0.346. The van der Waals surface area contributed by atoms with Crippen LogP contribution in [-0.2, 0) is 9.59 Å². The summed E-state index contributed by atoms with van der Waals surface area (Å²) in [4.78, 5) is 29.8. The normalized spacial score (nSPS) is 20.8. The average molecular weight is 480 g/mol. The monoisotopic (exact) mass is 479 g/mol. The molecule has 1 unspecified atom stereocenters. The highest BCUT2D eigenvalue weighted by molar-refractivity contribution is 7.80. The number of methoxy groups -OCH3 is 2. The average Bonchev–Trinajstić information content (AvgIpc) is 2.80. The van der Waals surface area contributed by atoms with Crippen LogP contribution in [0.1, 0.15) is 44.2 Å². The summed E-state index contributed by atoms with van der Waals surface area (Å²) in [7, 11) is 5.23. The summed E-state index contributed by atoms with van der Waals surface area (Å²) in [6.07, 6.45) is 2.57. The predicted molar refractivity (Wildman–Crippen MR) is 138 cm³/mol. The Morgan fingerprint density at radius 3 is 2.41 bits per heavy atom. The summed E-state index contributed by atoms with van der Waals surface area (Å²) in [6, 6.07) is 10.9. The van der Waals surface area contributed by atoms with E-state index in [1.807, 2.05) is 12.1 Å². The number of hydrogen-bond acceptors (Lipinski definition) is 6. The van der Waals surface area contributed by atoms with Crippen molar-refractivity contribution in [3.63, 3.8) is 0 Å². The van der Waals surface area contributed by atoms with Crippen LogP contribution >= 0.6 is 12.2 Å². The molecule has 0 bridgehead atoms. The van der Waals surface area contributed by atoms with E-state index in [-0.39, 0.29) is 16.2 Å². The number of nitrogens with zero attached hydrogens (tertiary/aromatic N) is 2. The highest BCUT2D eigenvalue weighted by atomic mass is 32.1. The molecule has 2 aromatic rings. The van der Waals surface area contributed by atoms with E-state index >= 15 is 0 Å². The first kappa shape index (κ1) is 23.8. The maximum atomic E-state index is 13.4. The Bertz CT molecular complexity index is 1200. The number of carbonyl (C=O) groups is 2. The molecular weight excluding hydrogens is 450 g/mol. The number of fused-ring (bicyclic) bond motifs is 1. The maximum Gasteiger partial charge on any atom is 0.270 e. The molecule has 0 radical (unpaired) electrons. The molecule has 0 aliphatic carbocycles. The number of benzene rings is 2. The van der Waals surface area contributed by atoms with Gasteiger partial charge in [0, 0.05) is 29.9 Å². The Balaban J connectivity index is 1.78. The minimum absolute atomic E-state index is 0.00515. The molecule has 0 aromatic heterocycles. The van der Waals surface area contributed by atoms with Gasteiger partial charge in [-0.15, -0.1) is 0 Å². The van der Waals surface area contributed by atoms with E-state index in [1.165, 1.54) is 4.90 Å². The Labute approximate surface area is 205 Å². The third-order valence-corrected chi connectivity index (χ3v) is 7.00. The molecule has 0 saturated carbocycles. The Morgan fingerprint density at radius 1 is 1.12 bits per heavy atom. The molecule has 7 nitrogen and oxygen atoms in total. The quantitative estimate of drug-likeness (QED) is 0.402. The number of carbonyl (C=O) groups excluding carboxylic acids is 2. The summed E-state index contributed by atoms with van der Waals surface area (Å²) < 4.78 is 10.9. The van der Waals surface area contributed by atoms with E-state index in [0.29, 0.717) is 28.7 Å². The lowest BCUT2D eigenvalue weighted by atomic mass is 9.79. The molecule has 8 heteroatoms. The predicted octanol–water partition coefficient (Wildman–Crippen LogP) is 4.26. The molecule has 1 N–H and O–H groups in total. The van der Waals surface area contributed by atoms with Gasteiger partial charge in [0.05, 0.1) is 19.9 Å². The summed E-state index contributed by atoms with van der Waals surface area (Å²) >= 11 is 5.31. The molecule has 178 valence electrons. The molecule has 2 aromatic carbocycles. The van der Waals surface area contributed by atoms with Gasteiger partial charge in [0.2, 0.25) is 0 Å². The number of ether oxygens (including phenoxy) is 2. The molecule has 1 atom stereocenters. The zero-order valence-electron chi connectivity index (χ0n) is 20.3. The lowest BCUT2D eigenvalue weighted by Crippen LogP contribution is -2.54. The molecule has 1 saturated heterocycles. The summed E-state index contributed by atoms with van der Waals surface area (Å²) in [5.41, 5.74) is 3.44.